The molecule has 1 atom stereocenters. The zero-order chi connectivity index (χ0) is 28.4. The molecule has 204 valence electrons. The number of hydrogen-bond acceptors (Lipinski definition) is 6. The second-order valence-electron chi connectivity index (χ2n) is 9.62. The summed E-state index contributed by atoms with van der Waals surface area (Å²) in [5.41, 5.74) is 5.43. The standard InChI is InChI=1S/C31H31N5O4/c1-18-11-13-25(19(2)15-18)35-31(38)27-20(3)33-29-24(30(37)34-21-9-7-6-8-10-21)17-32-36(29)28(27)23-16-22(39-4)12-14-26(23)40-5/h6-17,28,33H,1-5H3,(H,34,37)(H,35,38)/t28-/m1/s1. The van der Waals surface area contributed by atoms with Gasteiger partial charge in [0, 0.05) is 22.6 Å². The fraction of sp³-hybridized carbons (Fsp3) is 0.194. The SMILES string of the molecule is COc1ccc(OC)c([C@@H]2C(C(=O)Nc3ccc(C)cc3C)=C(C)Nc3c(C(=O)Nc4ccccc4)cnn32)c1. The van der Waals surface area contributed by atoms with Crippen LogP contribution in [0.25, 0.3) is 0 Å². The number of hydrogen-bond donors (Lipinski definition) is 3. The first-order valence-electron chi connectivity index (χ1n) is 12.8. The number of amides is 2. The Kier molecular flexibility index (Phi) is 7.29. The minimum Gasteiger partial charge on any atom is -0.497 e. The highest BCUT2D eigenvalue weighted by atomic mass is 16.5. The van der Waals surface area contributed by atoms with Crippen LogP contribution in [0.15, 0.2) is 84.2 Å². The second kappa shape index (κ2) is 11.0. The van der Waals surface area contributed by atoms with Gasteiger partial charge in [0.1, 0.15) is 28.9 Å². The number of ether oxygens (including phenoxy) is 2. The Balaban J connectivity index is 1.61. The molecule has 0 bridgehead atoms. The van der Waals surface area contributed by atoms with Gasteiger partial charge >= 0.3 is 0 Å². The van der Waals surface area contributed by atoms with Crippen molar-refractivity contribution in [3.63, 3.8) is 0 Å². The Hall–Kier alpha value is -5.05. The molecule has 0 fully saturated rings. The van der Waals surface area contributed by atoms with Crippen LogP contribution in [-0.4, -0.2) is 35.8 Å². The van der Waals surface area contributed by atoms with E-state index >= 15 is 0 Å². The Morgan fingerprint density at radius 2 is 1.68 bits per heavy atom. The molecule has 9 nitrogen and oxygen atoms in total. The molecule has 9 heteroatoms. The fourth-order valence-corrected chi connectivity index (χ4v) is 4.92. The maximum Gasteiger partial charge on any atom is 0.261 e. The van der Waals surface area contributed by atoms with Gasteiger partial charge in [-0.05, 0) is 62.7 Å². The summed E-state index contributed by atoms with van der Waals surface area (Å²) in [6.45, 7) is 5.77. The van der Waals surface area contributed by atoms with Crippen molar-refractivity contribution in [2.75, 3.05) is 30.2 Å². The molecule has 3 aromatic carbocycles. The lowest BCUT2D eigenvalue weighted by atomic mass is 9.93. The predicted octanol–water partition coefficient (Wildman–Crippen LogP) is 5.70. The summed E-state index contributed by atoms with van der Waals surface area (Å²) >= 11 is 0. The Labute approximate surface area is 232 Å². The Morgan fingerprint density at radius 3 is 2.38 bits per heavy atom. The number of aryl methyl sites for hydroxylation is 2. The first-order valence-corrected chi connectivity index (χ1v) is 12.8. The molecule has 4 aromatic rings. The molecule has 0 radical (unpaired) electrons. The molecule has 1 aliphatic rings. The molecule has 0 aliphatic carbocycles. The zero-order valence-electron chi connectivity index (χ0n) is 23.0. The summed E-state index contributed by atoms with van der Waals surface area (Å²) < 4.78 is 12.9. The normalized spacial score (nSPS) is 14.2. The lowest BCUT2D eigenvalue weighted by Crippen LogP contribution is -2.32. The van der Waals surface area contributed by atoms with Crippen LogP contribution >= 0.6 is 0 Å². The van der Waals surface area contributed by atoms with Crippen LogP contribution in [0, 0.1) is 13.8 Å². The number of carbonyl (C=O) groups is 2. The molecule has 0 saturated carbocycles. The third-order valence-corrected chi connectivity index (χ3v) is 6.91. The van der Waals surface area contributed by atoms with E-state index in [9.17, 15) is 9.59 Å². The van der Waals surface area contributed by atoms with Gasteiger partial charge in [-0.1, -0.05) is 35.9 Å². The van der Waals surface area contributed by atoms with Crippen molar-refractivity contribution in [2.24, 2.45) is 0 Å². The number of nitrogens with zero attached hydrogens (tertiary/aromatic N) is 2. The molecule has 0 saturated heterocycles. The predicted molar refractivity (Wildman–Crippen MR) is 155 cm³/mol. The number of nitrogens with one attached hydrogen (secondary N) is 3. The highest BCUT2D eigenvalue weighted by molar-refractivity contribution is 6.09. The van der Waals surface area contributed by atoms with Crippen LogP contribution in [0.4, 0.5) is 17.2 Å². The van der Waals surface area contributed by atoms with Crippen LogP contribution in [0.1, 0.15) is 40.0 Å². The van der Waals surface area contributed by atoms with Gasteiger partial charge in [-0.25, -0.2) is 4.68 Å². The van der Waals surface area contributed by atoms with E-state index in [2.05, 4.69) is 21.0 Å². The summed E-state index contributed by atoms with van der Waals surface area (Å²) in [4.78, 5) is 27.2. The molecular formula is C31H31N5O4. The van der Waals surface area contributed by atoms with Crippen LogP contribution in [0.3, 0.4) is 0 Å². The van der Waals surface area contributed by atoms with E-state index < -0.39 is 6.04 Å². The number of benzene rings is 3. The van der Waals surface area contributed by atoms with Crippen molar-refractivity contribution >= 4 is 29.0 Å². The maximum atomic E-state index is 13.9. The van der Waals surface area contributed by atoms with E-state index in [1.54, 1.807) is 31.0 Å². The zero-order valence-corrected chi connectivity index (χ0v) is 23.0. The first-order chi connectivity index (χ1) is 19.3. The fourth-order valence-electron chi connectivity index (χ4n) is 4.92. The summed E-state index contributed by atoms with van der Waals surface area (Å²) in [5.74, 6) is 0.977. The third-order valence-electron chi connectivity index (χ3n) is 6.91. The van der Waals surface area contributed by atoms with Gasteiger partial charge in [-0.2, -0.15) is 5.10 Å². The number of aromatic nitrogens is 2. The van der Waals surface area contributed by atoms with Crippen LogP contribution < -0.4 is 25.4 Å². The van der Waals surface area contributed by atoms with Gasteiger partial charge in [0.05, 0.1) is 26.0 Å². The molecule has 0 spiro atoms. The largest absolute Gasteiger partial charge is 0.497 e. The molecule has 1 aliphatic heterocycles. The van der Waals surface area contributed by atoms with Gasteiger partial charge in [0.15, 0.2) is 0 Å². The van der Waals surface area contributed by atoms with Crippen LogP contribution in [0.2, 0.25) is 0 Å². The highest BCUT2D eigenvalue weighted by Gasteiger charge is 2.37. The van der Waals surface area contributed by atoms with E-state index in [4.69, 9.17) is 9.47 Å². The Bertz CT molecular complexity index is 1620. The summed E-state index contributed by atoms with van der Waals surface area (Å²) in [6.07, 6.45) is 1.50. The minimum absolute atomic E-state index is 0.303. The molecule has 1 aromatic heterocycles. The number of rotatable bonds is 7. The molecule has 2 amide bonds. The second-order valence-corrected chi connectivity index (χ2v) is 9.62. The van der Waals surface area contributed by atoms with Crippen molar-refractivity contribution in [3.05, 3.63) is 106 Å². The Morgan fingerprint density at radius 1 is 0.900 bits per heavy atom. The van der Waals surface area contributed by atoms with Crippen molar-refractivity contribution in [1.29, 1.82) is 0 Å². The van der Waals surface area contributed by atoms with Crippen molar-refractivity contribution in [3.8, 4) is 11.5 Å². The number of methoxy groups -OCH3 is 2. The van der Waals surface area contributed by atoms with Crippen molar-refractivity contribution in [2.45, 2.75) is 26.8 Å². The van der Waals surface area contributed by atoms with Gasteiger partial charge < -0.3 is 25.4 Å². The minimum atomic E-state index is -0.717. The quantitative estimate of drug-likeness (QED) is 0.279. The van der Waals surface area contributed by atoms with Crippen molar-refractivity contribution in [1.82, 2.24) is 9.78 Å². The molecule has 5 rings (SSSR count). The lowest BCUT2D eigenvalue weighted by Gasteiger charge is -2.31. The number of carbonyl (C=O) groups excluding carboxylic acids is 2. The van der Waals surface area contributed by atoms with Gasteiger partial charge in [0.2, 0.25) is 0 Å². The summed E-state index contributed by atoms with van der Waals surface area (Å²) in [6, 6.07) is 19.7. The average Bonchev–Trinajstić information content (AvgIpc) is 3.37. The van der Waals surface area contributed by atoms with E-state index in [0.717, 1.165) is 11.1 Å². The molecule has 40 heavy (non-hydrogen) atoms. The van der Waals surface area contributed by atoms with Gasteiger partial charge in [-0.15, -0.1) is 0 Å². The van der Waals surface area contributed by atoms with Gasteiger partial charge in [-0.3, -0.25) is 9.59 Å². The monoisotopic (exact) mass is 537 g/mol. The smallest absolute Gasteiger partial charge is 0.261 e. The van der Waals surface area contributed by atoms with E-state index in [-0.39, 0.29) is 11.8 Å². The third kappa shape index (κ3) is 5.01. The van der Waals surface area contributed by atoms with Crippen LogP contribution in [0.5, 0.6) is 11.5 Å². The molecule has 0 unspecified atom stereocenters. The van der Waals surface area contributed by atoms with Crippen LogP contribution in [-0.2, 0) is 4.79 Å². The van der Waals surface area contributed by atoms with Crippen molar-refractivity contribution < 1.29 is 19.1 Å². The summed E-state index contributed by atoms with van der Waals surface area (Å²) in [7, 11) is 3.15. The van der Waals surface area contributed by atoms with E-state index in [0.29, 0.717) is 51.1 Å². The first kappa shape index (κ1) is 26.6. The topological polar surface area (TPSA) is 107 Å². The maximum absolute atomic E-state index is 13.9. The van der Waals surface area contributed by atoms with E-state index in [1.165, 1.54) is 6.20 Å². The highest BCUT2D eigenvalue weighted by Crippen LogP contribution is 2.42. The summed E-state index contributed by atoms with van der Waals surface area (Å²) in [5, 5.41) is 13.8. The van der Waals surface area contributed by atoms with E-state index in [1.807, 2.05) is 75.4 Å². The molecule has 2 heterocycles. The number of anilines is 3. The number of fused-ring (bicyclic) bond motifs is 1. The lowest BCUT2D eigenvalue weighted by molar-refractivity contribution is -0.113. The van der Waals surface area contributed by atoms with Gasteiger partial charge in [0.25, 0.3) is 11.8 Å². The molecular weight excluding hydrogens is 506 g/mol. The molecule has 3 N–H and O–H groups in total. The average molecular weight is 538 g/mol. The number of allylic oxidation sites excluding steroid dienone is 1. The number of para-hydroxylation sites is 1.